The van der Waals surface area contributed by atoms with E-state index in [4.69, 9.17) is 9.94 Å². The molecule has 7 nitrogen and oxygen atoms in total. The van der Waals surface area contributed by atoms with E-state index in [9.17, 15) is 13.2 Å². The molecule has 27 heavy (non-hydrogen) atoms. The number of nitrogens with zero attached hydrogens (tertiary/aromatic N) is 1. The largest absolute Gasteiger partial charge is 0.481 e. The average Bonchev–Trinajstić information content (AvgIpc) is 3.29. The number of ether oxygens (including phenoxy) is 1. The van der Waals surface area contributed by atoms with E-state index in [-0.39, 0.29) is 23.3 Å². The van der Waals surface area contributed by atoms with Crippen molar-refractivity contribution in [1.29, 1.82) is 0 Å². The molecule has 2 N–H and O–H groups in total. The minimum atomic E-state index is -3.77. The van der Waals surface area contributed by atoms with E-state index in [1.807, 2.05) is 0 Å². The number of fused-ring (bicyclic) bond motifs is 2. The van der Waals surface area contributed by atoms with Crippen LogP contribution >= 0.6 is 0 Å². The summed E-state index contributed by atoms with van der Waals surface area (Å²) in [5.74, 6) is 5.25. The lowest BCUT2D eigenvalue weighted by Gasteiger charge is -2.35. The van der Waals surface area contributed by atoms with Crippen LogP contribution in [0.1, 0.15) is 26.2 Å². The second kappa shape index (κ2) is 7.89. The van der Waals surface area contributed by atoms with Crippen LogP contribution in [0.3, 0.4) is 0 Å². The van der Waals surface area contributed by atoms with Crippen molar-refractivity contribution in [2.24, 2.45) is 17.8 Å². The Labute approximate surface area is 159 Å². The minimum Gasteiger partial charge on any atom is -0.481 e. The smallest absolute Gasteiger partial charge is 0.248 e. The molecule has 2 saturated carbocycles. The molecule has 0 heterocycles. The molecule has 0 aromatic heterocycles. The minimum absolute atomic E-state index is 0.111. The molecule has 1 aromatic rings. The van der Waals surface area contributed by atoms with Gasteiger partial charge in [-0.15, -0.1) is 5.92 Å². The van der Waals surface area contributed by atoms with Crippen molar-refractivity contribution in [3.05, 3.63) is 24.3 Å². The van der Waals surface area contributed by atoms with Gasteiger partial charge in [-0.1, -0.05) is 5.92 Å². The summed E-state index contributed by atoms with van der Waals surface area (Å²) in [5, 5.41) is 9.07. The Morgan fingerprint density at radius 1 is 1.30 bits per heavy atom. The summed E-state index contributed by atoms with van der Waals surface area (Å²) in [6.07, 6.45) is 2.60. The number of sulfonamides is 1. The van der Waals surface area contributed by atoms with E-state index in [2.05, 4.69) is 11.8 Å². The highest BCUT2D eigenvalue weighted by atomic mass is 32.2. The molecule has 0 radical (unpaired) electrons. The first-order valence-electron chi connectivity index (χ1n) is 8.94. The van der Waals surface area contributed by atoms with Crippen molar-refractivity contribution in [3.8, 4) is 17.6 Å². The van der Waals surface area contributed by atoms with Crippen LogP contribution in [0.2, 0.25) is 0 Å². The normalized spacial score (nSPS) is 26.5. The number of hydrogen-bond acceptors (Lipinski definition) is 5. The number of benzene rings is 1. The highest BCUT2D eigenvalue weighted by Gasteiger charge is 2.54. The predicted octanol–water partition coefficient (Wildman–Crippen LogP) is 1.63. The van der Waals surface area contributed by atoms with Gasteiger partial charge in [0.25, 0.3) is 0 Å². The fourth-order valence-electron chi connectivity index (χ4n) is 4.45. The second-order valence-corrected chi connectivity index (χ2v) is 9.03. The lowest BCUT2D eigenvalue weighted by molar-refractivity contribution is -0.136. The summed E-state index contributed by atoms with van der Waals surface area (Å²) in [7, 11) is -2.26. The monoisotopic (exact) mass is 392 g/mol. The summed E-state index contributed by atoms with van der Waals surface area (Å²) >= 11 is 0. The van der Waals surface area contributed by atoms with E-state index in [0.717, 1.165) is 19.3 Å². The Morgan fingerprint density at radius 2 is 1.96 bits per heavy atom. The molecule has 1 aromatic carbocycles. The molecule has 146 valence electrons. The first-order valence-corrected chi connectivity index (χ1v) is 10.4. The van der Waals surface area contributed by atoms with Gasteiger partial charge in [-0.3, -0.25) is 10.0 Å². The molecule has 0 aliphatic heterocycles. The number of amides is 1. The van der Waals surface area contributed by atoms with Gasteiger partial charge < -0.3 is 4.74 Å². The van der Waals surface area contributed by atoms with Gasteiger partial charge in [0.1, 0.15) is 12.4 Å². The van der Waals surface area contributed by atoms with Crippen LogP contribution in [0.25, 0.3) is 0 Å². The van der Waals surface area contributed by atoms with Crippen LogP contribution in [0.4, 0.5) is 0 Å². The molecule has 0 spiro atoms. The van der Waals surface area contributed by atoms with Gasteiger partial charge >= 0.3 is 0 Å². The van der Waals surface area contributed by atoms with Gasteiger partial charge in [-0.2, -0.15) is 4.31 Å². The molecule has 1 amide bonds. The summed E-state index contributed by atoms with van der Waals surface area (Å²) in [6, 6.07) is 5.73. The zero-order chi connectivity index (χ0) is 19.6. The first-order chi connectivity index (χ1) is 12.9. The molecular weight excluding hydrogens is 368 g/mol. The fourth-order valence-corrected chi connectivity index (χ4v) is 5.89. The molecule has 2 fully saturated rings. The quantitative estimate of drug-likeness (QED) is 0.436. The van der Waals surface area contributed by atoms with Gasteiger partial charge in [0.05, 0.1) is 10.8 Å². The summed E-state index contributed by atoms with van der Waals surface area (Å²) in [5.41, 5.74) is 1.71. The standard InChI is InChI=1S/C19H24N2O5S/c1-3-4-11-26-15-7-9-16(10-8-15)27(24,25)21(2)18-14-6-5-13(12-14)17(18)19(22)20-23/h7-10,13-14,17-18,23H,5-6,11-12H2,1-2H3,(H,20,22). The number of carbonyl (C=O) groups excluding carboxylic acids is 1. The van der Waals surface area contributed by atoms with Crippen molar-refractivity contribution in [1.82, 2.24) is 9.79 Å². The Balaban J connectivity index is 1.81. The maximum atomic E-state index is 13.1. The lowest BCUT2D eigenvalue weighted by Crippen LogP contribution is -2.50. The Kier molecular flexibility index (Phi) is 5.75. The zero-order valence-electron chi connectivity index (χ0n) is 15.4. The topological polar surface area (TPSA) is 95.9 Å². The van der Waals surface area contributed by atoms with Gasteiger partial charge in [-0.25, -0.2) is 13.9 Å². The third kappa shape index (κ3) is 3.68. The fraction of sp³-hybridized carbons (Fsp3) is 0.526. The van der Waals surface area contributed by atoms with E-state index in [1.54, 1.807) is 24.5 Å². The van der Waals surface area contributed by atoms with Crippen molar-refractivity contribution in [2.45, 2.75) is 37.1 Å². The van der Waals surface area contributed by atoms with E-state index < -0.39 is 27.9 Å². The Hall–Kier alpha value is -2.08. The second-order valence-electron chi connectivity index (χ2n) is 7.03. The molecule has 4 unspecified atom stereocenters. The third-order valence-corrected chi connectivity index (χ3v) is 7.56. The predicted molar refractivity (Wildman–Crippen MR) is 98.4 cm³/mol. The highest BCUT2D eigenvalue weighted by Crippen LogP contribution is 2.51. The van der Waals surface area contributed by atoms with E-state index in [1.165, 1.54) is 23.5 Å². The first kappa shape index (κ1) is 19.7. The molecular formula is C19H24N2O5S. The molecule has 0 saturated heterocycles. The summed E-state index contributed by atoms with van der Waals surface area (Å²) < 4.78 is 32.9. The zero-order valence-corrected chi connectivity index (χ0v) is 16.2. The molecule has 3 rings (SSSR count). The van der Waals surface area contributed by atoms with Gasteiger partial charge in [0.2, 0.25) is 15.9 Å². The molecule has 4 atom stereocenters. The van der Waals surface area contributed by atoms with Gasteiger partial charge in [0, 0.05) is 13.1 Å². The van der Waals surface area contributed by atoms with Crippen LogP contribution in [-0.4, -0.2) is 43.5 Å². The van der Waals surface area contributed by atoms with Gasteiger partial charge in [0.15, 0.2) is 0 Å². The van der Waals surface area contributed by atoms with Crippen molar-refractivity contribution >= 4 is 15.9 Å². The van der Waals surface area contributed by atoms with Crippen LogP contribution in [0.5, 0.6) is 5.75 Å². The third-order valence-electron chi connectivity index (χ3n) is 5.69. The molecule has 8 heteroatoms. The maximum absolute atomic E-state index is 13.1. The number of rotatable bonds is 6. The maximum Gasteiger partial charge on any atom is 0.248 e. The van der Waals surface area contributed by atoms with E-state index >= 15 is 0 Å². The average molecular weight is 392 g/mol. The molecule has 2 aliphatic carbocycles. The molecule has 2 aliphatic rings. The SMILES string of the molecule is CC#CCOc1ccc(S(=O)(=O)N(C)C2C3CCC(C3)C2C(=O)NO)cc1. The Bertz CT molecular complexity index is 856. The van der Waals surface area contributed by atoms with Crippen molar-refractivity contribution in [2.75, 3.05) is 13.7 Å². The van der Waals surface area contributed by atoms with Crippen molar-refractivity contribution in [3.63, 3.8) is 0 Å². The van der Waals surface area contributed by atoms with Crippen LogP contribution < -0.4 is 10.2 Å². The van der Waals surface area contributed by atoms with Crippen LogP contribution in [0, 0.1) is 29.6 Å². The Morgan fingerprint density at radius 3 is 2.59 bits per heavy atom. The lowest BCUT2D eigenvalue weighted by atomic mass is 9.84. The number of hydrogen-bond donors (Lipinski definition) is 2. The number of carbonyl (C=O) groups is 1. The summed E-state index contributed by atoms with van der Waals surface area (Å²) in [4.78, 5) is 12.3. The number of nitrogens with one attached hydrogen (secondary N) is 1. The van der Waals surface area contributed by atoms with E-state index in [0.29, 0.717) is 5.75 Å². The van der Waals surface area contributed by atoms with Crippen LogP contribution in [-0.2, 0) is 14.8 Å². The van der Waals surface area contributed by atoms with Crippen molar-refractivity contribution < 1.29 is 23.2 Å². The van der Waals surface area contributed by atoms with Crippen LogP contribution in [0.15, 0.2) is 29.2 Å². The highest BCUT2D eigenvalue weighted by molar-refractivity contribution is 7.89. The van der Waals surface area contributed by atoms with Gasteiger partial charge in [-0.05, 0) is 62.3 Å². The summed E-state index contributed by atoms with van der Waals surface area (Å²) in [6.45, 7) is 1.96. The molecule has 2 bridgehead atoms. The number of hydroxylamine groups is 1.